The van der Waals surface area contributed by atoms with Crippen LogP contribution >= 0.6 is 22.9 Å². The van der Waals surface area contributed by atoms with Crippen LogP contribution in [0, 0.1) is 0 Å². The fourth-order valence-electron chi connectivity index (χ4n) is 0.657. The van der Waals surface area contributed by atoms with Crippen molar-refractivity contribution >= 4 is 22.9 Å². The summed E-state index contributed by atoms with van der Waals surface area (Å²) in [5, 5.41) is 1.08. The molecule has 0 aromatic carbocycles. The molecular formula is C6H9ClN2S. The third kappa shape index (κ3) is 2.25. The number of aryl methyl sites for hydroxylation is 1. The number of halogens is 1. The first-order valence-corrected chi connectivity index (χ1v) is 4.32. The maximum Gasteiger partial charge on any atom is 0.113 e. The van der Waals surface area contributed by atoms with Gasteiger partial charge in [-0.1, -0.05) is 11.6 Å². The van der Waals surface area contributed by atoms with Crippen molar-refractivity contribution in [1.29, 1.82) is 0 Å². The molecule has 0 saturated carbocycles. The highest BCUT2D eigenvalue weighted by molar-refractivity contribution is 7.15. The molecule has 0 aliphatic rings. The van der Waals surface area contributed by atoms with E-state index in [0.29, 0.717) is 0 Å². The molecule has 0 unspecified atom stereocenters. The van der Waals surface area contributed by atoms with Gasteiger partial charge in [-0.05, 0) is 13.0 Å². The van der Waals surface area contributed by atoms with Crippen LogP contribution in [0.5, 0.6) is 0 Å². The molecular weight excluding hydrogens is 168 g/mol. The second-order valence-corrected chi connectivity index (χ2v) is 3.70. The summed E-state index contributed by atoms with van der Waals surface area (Å²) in [7, 11) is 0. The Morgan fingerprint density at radius 3 is 3.00 bits per heavy atom. The highest BCUT2D eigenvalue weighted by atomic mass is 35.5. The topological polar surface area (TPSA) is 38.9 Å². The number of hydrogen-bond acceptors (Lipinski definition) is 3. The van der Waals surface area contributed by atoms with E-state index in [4.69, 9.17) is 17.3 Å². The molecule has 0 saturated heterocycles. The van der Waals surface area contributed by atoms with Gasteiger partial charge in [0.15, 0.2) is 0 Å². The zero-order valence-corrected chi connectivity index (χ0v) is 7.08. The van der Waals surface area contributed by atoms with Gasteiger partial charge < -0.3 is 5.73 Å². The Kier molecular flexibility index (Phi) is 3.12. The Hall–Kier alpha value is -0.120. The van der Waals surface area contributed by atoms with Gasteiger partial charge in [0.05, 0.1) is 11.2 Å². The Labute approximate surface area is 69.0 Å². The van der Waals surface area contributed by atoms with Gasteiger partial charge in [0.1, 0.15) is 4.34 Å². The zero-order valence-electron chi connectivity index (χ0n) is 5.51. The smallest absolute Gasteiger partial charge is 0.113 e. The lowest BCUT2D eigenvalue weighted by molar-refractivity contribution is 0.826. The predicted molar refractivity (Wildman–Crippen MR) is 44.5 cm³/mol. The van der Waals surface area contributed by atoms with Crippen molar-refractivity contribution in [3.8, 4) is 0 Å². The van der Waals surface area contributed by atoms with E-state index in [9.17, 15) is 0 Å². The third-order valence-corrected chi connectivity index (χ3v) is 2.29. The summed E-state index contributed by atoms with van der Waals surface area (Å²) >= 11 is 7.19. The number of hydrogen-bond donors (Lipinski definition) is 1. The van der Waals surface area contributed by atoms with E-state index in [0.717, 1.165) is 28.7 Å². The SMILES string of the molecule is NCCCc1ncc(Cl)s1. The number of rotatable bonds is 3. The van der Waals surface area contributed by atoms with E-state index >= 15 is 0 Å². The van der Waals surface area contributed by atoms with Crippen LogP contribution in [-0.4, -0.2) is 11.5 Å². The Morgan fingerprint density at radius 1 is 1.70 bits per heavy atom. The predicted octanol–water partition coefficient (Wildman–Crippen LogP) is 1.69. The second-order valence-electron chi connectivity index (χ2n) is 1.95. The van der Waals surface area contributed by atoms with E-state index in [2.05, 4.69) is 4.98 Å². The van der Waals surface area contributed by atoms with E-state index in [-0.39, 0.29) is 0 Å². The van der Waals surface area contributed by atoms with Gasteiger partial charge in [0.25, 0.3) is 0 Å². The summed E-state index contributed by atoms with van der Waals surface area (Å²) in [6.07, 6.45) is 3.62. The lowest BCUT2D eigenvalue weighted by Gasteiger charge is -1.89. The molecule has 2 N–H and O–H groups in total. The van der Waals surface area contributed by atoms with Crippen molar-refractivity contribution in [2.24, 2.45) is 5.73 Å². The molecule has 0 aliphatic heterocycles. The molecule has 0 radical (unpaired) electrons. The van der Waals surface area contributed by atoms with Crippen LogP contribution in [-0.2, 0) is 6.42 Å². The molecule has 56 valence electrons. The summed E-state index contributed by atoms with van der Waals surface area (Å²) in [5.74, 6) is 0. The highest BCUT2D eigenvalue weighted by Crippen LogP contribution is 2.18. The molecule has 1 aromatic rings. The quantitative estimate of drug-likeness (QED) is 0.762. The summed E-state index contributed by atoms with van der Waals surface area (Å²) in [5.41, 5.74) is 5.33. The number of thiazole rings is 1. The van der Waals surface area contributed by atoms with Gasteiger partial charge in [-0.25, -0.2) is 4.98 Å². The van der Waals surface area contributed by atoms with E-state index < -0.39 is 0 Å². The Bertz CT molecular complexity index is 199. The van der Waals surface area contributed by atoms with Crippen molar-refractivity contribution in [2.75, 3.05) is 6.54 Å². The highest BCUT2D eigenvalue weighted by Gasteiger charge is 1.97. The fraction of sp³-hybridized carbons (Fsp3) is 0.500. The minimum Gasteiger partial charge on any atom is -0.330 e. The average Bonchev–Trinajstić information content (AvgIpc) is 2.31. The van der Waals surface area contributed by atoms with Gasteiger partial charge in [0.2, 0.25) is 0 Å². The first kappa shape index (κ1) is 7.98. The first-order valence-electron chi connectivity index (χ1n) is 3.13. The first-order chi connectivity index (χ1) is 4.83. The van der Waals surface area contributed by atoms with Gasteiger partial charge in [-0.2, -0.15) is 0 Å². The molecule has 1 rings (SSSR count). The summed E-state index contributed by atoms with van der Waals surface area (Å²) < 4.78 is 0.757. The fourth-order valence-corrected chi connectivity index (χ4v) is 1.66. The van der Waals surface area contributed by atoms with Gasteiger partial charge in [-0.3, -0.25) is 0 Å². The summed E-state index contributed by atoms with van der Waals surface area (Å²) in [6, 6.07) is 0. The van der Waals surface area contributed by atoms with Crippen molar-refractivity contribution in [1.82, 2.24) is 4.98 Å². The zero-order chi connectivity index (χ0) is 7.40. The van der Waals surface area contributed by atoms with Crippen LogP contribution in [0.2, 0.25) is 4.34 Å². The lowest BCUT2D eigenvalue weighted by Crippen LogP contribution is -1.99. The molecule has 1 aromatic heterocycles. The minimum atomic E-state index is 0.719. The Morgan fingerprint density at radius 2 is 2.50 bits per heavy atom. The summed E-state index contributed by atoms with van der Waals surface area (Å²) in [4.78, 5) is 4.08. The molecule has 10 heavy (non-hydrogen) atoms. The minimum absolute atomic E-state index is 0.719. The molecule has 2 nitrogen and oxygen atoms in total. The van der Waals surface area contributed by atoms with Crippen molar-refractivity contribution in [3.63, 3.8) is 0 Å². The van der Waals surface area contributed by atoms with E-state index in [1.165, 1.54) is 11.3 Å². The van der Waals surface area contributed by atoms with Crippen LogP contribution in [0.15, 0.2) is 6.20 Å². The molecule has 0 fully saturated rings. The van der Waals surface area contributed by atoms with Crippen LogP contribution in [0.3, 0.4) is 0 Å². The molecule has 0 amide bonds. The molecule has 0 spiro atoms. The molecule has 1 heterocycles. The maximum absolute atomic E-state index is 5.66. The van der Waals surface area contributed by atoms with Crippen LogP contribution in [0.1, 0.15) is 11.4 Å². The van der Waals surface area contributed by atoms with Gasteiger partial charge >= 0.3 is 0 Å². The number of aromatic nitrogens is 1. The van der Waals surface area contributed by atoms with Crippen molar-refractivity contribution < 1.29 is 0 Å². The molecule has 0 aliphatic carbocycles. The van der Waals surface area contributed by atoms with Crippen LogP contribution in [0.25, 0.3) is 0 Å². The second kappa shape index (κ2) is 3.91. The largest absolute Gasteiger partial charge is 0.330 e. The number of nitrogens with zero attached hydrogens (tertiary/aromatic N) is 1. The molecule has 0 atom stereocenters. The van der Waals surface area contributed by atoms with Gasteiger partial charge in [0, 0.05) is 6.42 Å². The standard InChI is InChI=1S/C6H9ClN2S/c7-5-4-9-6(10-5)2-1-3-8/h4H,1-3,8H2. The third-order valence-electron chi connectivity index (χ3n) is 1.12. The van der Waals surface area contributed by atoms with Crippen molar-refractivity contribution in [3.05, 3.63) is 15.5 Å². The summed E-state index contributed by atoms with van der Waals surface area (Å²) in [6.45, 7) is 0.719. The van der Waals surface area contributed by atoms with E-state index in [1.54, 1.807) is 6.20 Å². The van der Waals surface area contributed by atoms with Crippen LogP contribution in [0.4, 0.5) is 0 Å². The van der Waals surface area contributed by atoms with Gasteiger partial charge in [-0.15, -0.1) is 11.3 Å². The molecule has 0 bridgehead atoms. The average molecular weight is 177 g/mol. The van der Waals surface area contributed by atoms with Crippen LogP contribution < -0.4 is 5.73 Å². The monoisotopic (exact) mass is 176 g/mol. The van der Waals surface area contributed by atoms with E-state index in [1.807, 2.05) is 0 Å². The van der Waals surface area contributed by atoms with Crippen molar-refractivity contribution in [2.45, 2.75) is 12.8 Å². The maximum atomic E-state index is 5.66. The normalized spacial score (nSPS) is 10.2. The number of nitrogens with two attached hydrogens (primary N) is 1. The molecule has 4 heteroatoms. The Balaban J connectivity index is 2.42. The lowest BCUT2D eigenvalue weighted by atomic mass is 10.3.